The Morgan fingerprint density at radius 1 is 1.13 bits per heavy atom. The predicted molar refractivity (Wildman–Crippen MR) is 92.0 cm³/mol. The minimum atomic E-state index is 0.250. The van der Waals surface area contributed by atoms with Gasteiger partial charge in [-0.25, -0.2) is 4.98 Å². The number of anilines is 3. The van der Waals surface area contributed by atoms with Crippen LogP contribution < -0.4 is 16.4 Å². The molecule has 1 heterocycles. The van der Waals surface area contributed by atoms with Crippen LogP contribution in [0.5, 0.6) is 0 Å². The zero-order valence-corrected chi connectivity index (χ0v) is 12.7. The summed E-state index contributed by atoms with van der Waals surface area (Å²) in [7, 11) is 1.80. The van der Waals surface area contributed by atoms with Gasteiger partial charge >= 0.3 is 0 Å². The quantitative estimate of drug-likeness (QED) is 0.685. The van der Waals surface area contributed by atoms with Gasteiger partial charge in [-0.05, 0) is 35.9 Å². The number of benzene rings is 2. The van der Waals surface area contributed by atoms with Gasteiger partial charge in [0, 0.05) is 24.7 Å². The van der Waals surface area contributed by atoms with Crippen LogP contribution in [0, 0.1) is 11.3 Å². The lowest BCUT2D eigenvalue weighted by Gasteiger charge is -2.10. The minimum Gasteiger partial charge on any atom is -0.381 e. The van der Waals surface area contributed by atoms with Gasteiger partial charge in [0.2, 0.25) is 5.95 Å². The summed E-state index contributed by atoms with van der Waals surface area (Å²) in [6.45, 7) is 0.669. The van der Waals surface area contributed by atoms with E-state index in [1.54, 1.807) is 7.05 Å². The first-order valence-electron chi connectivity index (χ1n) is 7.17. The van der Waals surface area contributed by atoms with E-state index in [-0.39, 0.29) is 5.95 Å². The molecule has 0 fully saturated rings. The molecule has 0 saturated carbocycles. The van der Waals surface area contributed by atoms with Gasteiger partial charge < -0.3 is 16.4 Å². The lowest BCUT2D eigenvalue weighted by Crippen LogP contribution is -2.03. The molecule has 114 valence electrons. The van der Waals surface area contributed by atoms with Gasteiger partial charge in [-0.15, -0.1) is 0 Å². The molecular weight excluding hydrogens is 288 g/mol. The summed E-state index contributed by atoms with van der Waals surface area (Å²) >= 11 is 0. The molecule has 0 bridgehead atoms. The van der Waals surface area contributed by atoms with Gasteiger partial charge in [-0.2, -0.15) is 10.2 Å². The van der Waals surface area contributed by atoms with Gasteiger partial charge in [-0.1, -0.05) is 12.1 Å². The van der Waals surface area contributed by atoms with Crippen molar-refractivity contribution in [1.82, 2.24) is 9.97 Å². The van der Waals surface area contributed by atoms with Crippen molar-refractivity contribution in [3.63, 3.8) is 0 Å². The SMILES string of the molecule is CNc1nc(N)nc2ccc(NCc3ccc(C#N)cc3)cc12. The largest absolute Gasteiger partial charge is 0.381 e. The van der Waals surface area contributed by atoms with E-state index in [1.807, 2.05) is 42.5 Å². The molecule has 6 nitrogen and oxygen atoms in total. The highest BCUT2D eigenvalue weighted by molar-refractivity contribution is 5.92. The smallest absolute Gasteiger partial charge is 0.222 e. The van der Waals surface area contributed by atoms with E-state index >= 15 is 0 Å². The first-order chi connectivity index (χ1) is 11.2. The van der Waals surface area contributed by atoms with Crippen LogP contribution in [-0.2, 0) is 6.54 Å². The molecule has 3 rings (SSSR count). The average Bonchev–Trinajstić information content (AvgIpc) is 2.59. The fourth-order valence-corrected chi connectivity index (χ4v) is 2.35. The maximum atomic E-state index is 8.81. The highest BCUT2D eigenvalue weighted by Crippen LogP contribution is 2.24. The number of nitrogens with zero attached hydrogens (tertiary/aromatic N) is 3. The highest BCUT2D eigenvalue weighted by Gasteiger charge is 2.06. The van der Waals surface area contributed by atoms with Crippen LogP contribution in [0.2, 0.25) is 0 Å². The maximum absolute atomic E-state index is 8.81. The van der Waals surface area contributed by atoms with Crippen LogP contribution in [0.4, 0.5) is 17.5 Å². The van der Waals surface area contributed by atoms with Crippen molar-refractivity contribution in [3.05, 3.63) is 53.6 Å². The molecule has 0 aliphatic carbocycles. The van der Waals surface area contributed by atoms with E-state index in [1.165, 1.54) is 0 Å². The molecule has 0 atom stereocenters. The van der Waals surface area contributed by atoms with Crippen molar-refractivity contribution in [2.24, 2.45) is 0 Å². The summed E-state index contributed by atoms with van der Waals surface area (Å²) in [6.07, 6.45) is 0. The third kappa shape index (κ3) is 3.14. The number of fused-ring (bicyclic) bond motifs is 1. The highest BCUT2D eigenvalue weighted by atomic mass is 15.1. The molecule has 0 radical (unpaired) electrons. The number of nitriles is 1. The number of rotatable bonds is 4. The van der Waals surface area contributed by atoms with E-state index < -0.39 is 0 Å². The third-order valence-electron chi connectivity index (χ3n) is 3.53. The van der Waals surface area contributed by atoms with Crippen LogP contribution in [0.15, 0.2) is 42.5 Å². The number of nitrogens with one attached hydrogen (secondary N) is 2. The molecular formula is C17H16N6. The monoisotopic (exact) mass is 304 g/mol. The average molecular weight is 304 g/mol. The molecule has 2 aromatic carbocycles. The molecule has 0 amide bonds. The second kappa shape index (κ2) is 6.20. The number of nitrogens with two attached hydrogens (primary N) is 1. The van der Waals surface area contributed by atoms with E-state index in [4.69, 9.17) is 11.0 Å². The van der Waals surface area contributed by atoms with Crippen LogP contribution in [0.25, 0.3) is 10.9 Å². The van der Waals surface area contributed by atoms with Crippen molar-refractivity contribution in [2.75, 3.05) is 23.4 Å². The van der Waals surface area contributed by atoms with E-state index in [0.29, 0.717) is 17.9 Å². The summed E-state index contributed by atoms with van der Waals surface area (Å²) in [5, 5.41) is 16.1. The Morgan fingerprint density at radius 3 is 2.61 bits per heavy atom. The first kappa shape index (κ1) is 14.6. The third-order valence-corrected chi connectivity index (χ3v) is 3.53. The zero-order chi connectivity index (χ0) is 16.2. The molecule has 0 saturated heterocycles. The van der Waals surface area contributed by atoms with Crippen molar-refractivity contribution < 1.29 is 0 Å². The molecule has 23 heavy (non-hydrogen) atoms. The summed E-state index contributed by atoms with van der Waals surface area (Å²) in [5.74, 6) is 0.953. The number of hydrogen-bond donors (Lipinski definition) is 3. The lowest BCUT2D eigenvalue weighted by atomic mass is 10.1. The van der Waals surface area contributed by atoms with Gasteiger partial charge in [0.25, 0.3) is 0 Å². The van der Waals surface area contributed by atoms with Crippen LogP contribution in [0.1, 0.15) is 11.1 Å². The maximum Gasteiger partial charge on any atom is 0.222 e. The van der Waals surface area contributed by atoms with Gasteiger partial charge in [-0.3, -0.25) is 0 Å². The van der Waals surface area contributed by atoms with E-state index in [2.05, 4.69) is 26.7 Å². The summed E-state index contributed by atoms with van der Waals surface area (Å²) in [6, 6.07) is 15.5. The second-order valence-corrected chi connectivity index (χ2v) is 5.07. The Hall–Kier alpha value is -3.33. The molecule has 0 spiro atoms. The number of hydrogen-bond acceptors (Lipinski definition) is 6. The number of aromatic nitrogens is 2. The molecule has 3 aromatic rings. The number of nitrogen functional groups attached to an aromatic ring is 1. The molecule has 1 aromatic heterocycles. The Balaban J connectivity index is 1.82. The predicted octanol–water partition coefficient (Wildman–Crippen LogP) is 2.74. The second-order valence-electron chi connectivity index (χ2n) is 5.07. The lowest BCUT2D eigenvalue weighted by molar-refractivity contribution is 1.15. The van der Waals surface area contributed by atoms with Gasteiger partial charge in [0.1, 0.15) is 5.82 Å². The van der Waals surface area contributed by atoms with E-state index in [9.17, 15) is 0 Å². The molecule has 6 heteroatoms. The van der Waals surface area contributed by atoms with E-state index in [0.717, 1.165) is 22.2 Å². The van der Waals surface area contributed by atoms with Gasteiger partial charge in [0.15, 0.2) is 0 Å². The fourth-order valence-electron chi connectivity index (χ4n) is 2.35. The van der Waals surface area contributed by atoms with Crippen molar-refractivity contribution >= 4 is 28.4 Å². The van der Waals surface area contributed by atoms with Gasteiger partial charge in [0.05, 0.1) is 17.1 Å². The van der Waals surface area contributed by atoms with Crippen molar-refractivity contribution in [1.29, 1.82) is 5.26 Å². The standard InChI is InChI=1S/C17H16N6/c1-20-16-14-8-13(6-7-15(14)22-17(19)23-16)21-10-12-4-2-11(9-18)3-5-12/h2-8,21H,10H2,1H3,(H3,19,20,22,23). The van der Waals surface area contributed by atoms with Crippen LogP contribution in [-0.4, -0.2) is 17.0 Å². The summed E-state index contributed by atoms with van der Waals surface area (Å²) in [4.78, 5) is 8.43. The Morgan fingerprint density at radius 2 is 1.91 bits per heavy atom. The molecule has 0 aliphatic rings. The fraction of sp³-hybridized carbons (Fsp3) is 0.118. The zero-order valence-electron chi connectivity index (χ0n) is 12.7. The summed E-state index contributed by atoms with van der Waals surface area (Å²) in [5.41, 5.74) is 9.22. The molecule has 0 aliphatic heterocycles. The van der Waals surface area contributed by atoms with Crippen LogP contribution in [0.3, 0.4) is 0 Å². The van der Waals surface area contributed by atoms with Crippen molar-refractivity contribution in [3.8, 4) is 6.07 Å². The minimum absolute atomic E-state index is 0.250. The molecule has 4 N–H and O–H groups in total. The Bertz CT molecular complexity index is 880. The first-order valence-corrected chi connectivity index (χ1v) is 7.17. The van der Waals surface area contributed by atoms with Crippen molar-refractivity contribution in [2.45, 2.75) is 6.54 Å². The van der Waals surface area contributed by atoms with Crippen LogP contribution >= 0.6 is 0 Å². The Labute approximate surface area is 134 Å². The summed E-state index contributed by atoms with van der Waals surface area (Å²) < 4.78 is 0. The Kier molecular flexibility index (Phi) is 3.93. The normalized spacial score (nSPS) is 10.3. The molecule has 0 unspecified atom stereocenters. The topological polar surface area (TPSA) is 99.7 Å².